The Kier molecular flexibility index (Phi) is 5.93. The normalized spacial score (nSPS) is 11.5. The third-order valence-electron chi connectivity index (χ3n) is 3.56. The Bertz CT molecular complexity index is 809. The number of hydrogen-bond acceptors (Lipinski definition) is 4. The van der Waals surface area contributed by atoms with Crippen molar-refractivity contribution >= 4 is 23.0 Å². The molecule has 0 radical (unpaired) electrons. The Morgan fingerprint density at radius 2 is 1.96 bits per heavy atom. The summed E-state index contributed by atoms with van der Waals surface area (Å²) in [6, 6.07) is 16.2. The highest BCUT2D eigenvalue weighted by Crippen LogP contribution is 2.14. The Hall–Kier alpha value is -2.50. The maximum atomic E-state index is 5.66. The average molecular weight is 351 g/mol. The fourth-order valence-corrected chi connectivity index (χ4v) is 3.15. The van der Waals surface area contributed by atoms with Crippen LogP contribution in [-0.2, 0) is 17.9 Å². The van der Waals surface area contributed by atoms with Gasteiger partial charge >= 0.3 is 0 Å². The number of amidine groups is 1. The molecular weight excluding hydrogens is 330 g/mol. The molecule has 0 fully saturated rings. The van der Waals surface area contributed by atoms with Gasteiger partial charge in [0.05, 0.1) is 6.61 Å². The van der Waals surface area contributed by atoms with Gasteiger partial charge in [-0.15, -0.1) is 0 Å². The summed E-state index contributed by atoms with van der Waals surface area (Å²) in [5.41, 5.74) is 7.41. The summed E-state index contributed by atoms with van der Waals surface area (Å²) >= 11 is 1.67. The summed E-state index contributed by atoms with van der Waals surface area (Å²) in [5, 5.41) is 4.18. The molecule has 2 aromatic heterocycles. The van der Waals surface area contributed by atoms with E-state index in [4.69, 9.17) is 4.84 Å². The maximum absolute atomic E-state index is 5.66. The van der Waals surface area contributed by atoms with Crippen molar-refractivity contribution in [3.8, 4) is 0 Å². The number of nitrogens with zero attached hydrogens (tertiary/aromatic N) is 2. The summed E-state index contributed by atoms with van der Waals surface area (Å²) < 4.78 is 0. The molecular formula is C20H21N3OS. The predicted octanol–water partition coefficient (Wildman–Crippen LogP) is 4.75. The second-order valence-electron chi connectivity index (χ2n) is 5.89. The van der Waals surface area contributed by atoms with Crippen molar-refractivity contribution in [1.29, 1.82) is 0 Å². The minimum atomic E-state index is 0.476. The van der Waals surface area contributed by atoms with E-state index < -0.39 is 0 Å². The second-order valence-corrected chi connectivity index (χ2v) is 6.67. The third kappa shape index (κ3) is 5.52. The van der Waals surface area contributed by atoms with Crippen LogP contribution < -0.4 is 5.48 Å². The highest BCUT2D eigenvalue weighted by Gasteiger charge is 2.05. The van der Waals surface area contributed by atoms with E-state index in [9.17, 15) is 0 Å². The molecule has 0 bridgehead atoms. The van der Waals surface area contributed by atoms with Crippen molar-refractivity contribution in [2.45, 2.75) is 26.9 Å². The first kappa shape index (κ1) is 17.3. The van der Waals surface area contributed by atoms with E-state index in [1.807, 2.05) is 56.3 Å². The zero-order valence-corrected chi connectivity index (χ0v) is 15.2. The van der Waals surface area contributed by atoms with Crippen LogP contribution >= 0.6 is 11.3 Å². The van der Waals surface area contributed by atoms with E-state index in [1.54, 1.807) is 11.3 Å². The van der Waals surface area contributed by atoms with Gasteiger partial charge in [0.2, 0.25) is 0 Å². The van der Waals surface area contributed by atoms with E-state index in [0.29, 0.717) is 18.8 Å². The minimum Gasteiger partial charge on any atom is -0.270 e. The first-order valence-electron chi connectivity index (χ1n) is 8.15. The number of aliphatic imine (C=N–C) groups is 1. The molecule has 1 aromatic carbocycles. The van der Waals surface area contributed by atoms with Gasteiger partial charge in [0.25, 0.3) is 0 Å². The maximum Gasteiger partial charge on any atom is 0.154 e. The minimum absolute atomic E-state index is 0.476. The van der Waals surface area contributed by atoms with Gasteiger partial charge in [0.15, 0.2) is 5.82 Å². The van der Waals surface area contributed by atoms with E-state index in [2.05, 4.69) is 32.3 Å². The van der Waals surface area contributed by atoms with Gasteiger partial charge in [-0.05, 0) is 59.5 Å². The predicted molar refractivity (Wildman–Crippen MR) is 103 cm³/mol. The number of hydrogen-bond donors (Lipinski definition) is 1. The fourth-order valence-electron chi connectivity index (χ4n) is 2.48. The summed E-state index contributed by atoms with van der Waals surface area (Å²) in [6.07, 6.45) is 0.674. The molecule has 0 amide bonds. The molecule has 4 nitrogen and oxygen atoms in total. The van der Waals surface area contributed by atoms with Gasteiger partial charge in [0, 0.05) is 12.1 Å². The molecule has 1 N–H and O–H groups in total. The van der Waals surface area contributed by atoms with Crippen LogP contribution in [0.4, 0.5) is 5.82 Å². The molecule has 0 unspecified atom stereocenters. The molecule has 0 aliphatic rings. The first-order chi connectivity index (χ1) is 12.2. The fraction of sp³-hybridized carbons (Fsp3) is 0.200. The number of hydroxylamine groups is 1. The first-order valence-corrected chi connectivity index (χ1v) is 9.09. The van der Waals surface area contributed by atoms with Crippen LogP contribution in [-0.4, -0.2) is 10.8 Å². The molecule has 0 aliphatic heterocycles. The smallest absolute Gasteiger partial charge is 0.154 e. The van der Waals surface area contributed by atoms with Gasteiger partial charge in [0.1, 0.15) is 5.84 Å². The number of rotatable bonds is 6. The van der Waals surface area contributed by atoms with Crippen molar-refractivity contribution in [3.05, 3.63) is 81.7 Å². The number of benzene rings is 1. The van der Waals surface area contributed by atoms with Gasteiger partial charge in [-0.1, -0.05) is 30.3 Å². The molecule has 0 saturated heterocycles. The number of aromatic nitrogens is 1. The van der Waals surface area contributed by atoms with Crippen molar-refractivity contribution in [2.75, 3.05) is 0 Å². The van der Waals surface area contributed by atoms with Crippen LogP contribution in [0.3, 0.4) is 0 Å². The zero-order valence-electron chi connectivity index (χ0n) is 14.4. The molecule has 0 aliphatic carbocycles. The molecule has 3 rings (SSSR count). The van der Waals surface area contributed by atoms with E-state index in [1.165, 1.54) is 5.56 Å². The molecule has 5 heteroatoms. The Morgan fingerprint density at radius 3 is 2.68 bits per heavy atom. The molecule has 3 aromatic rings. The standard InChI is InChI=1S/C20H21N3OS/c1-15-10-16(2)21-19(11-15)22-20(12-18-8-9-25-14-18)23-24-13-17-6-4-3-5-7-17/h3-11,14H,12-13H2,1-2H3,(H,21,22,23). The Labute approximate surface area is 152 Å². The number of nitrogens with one attached hydrogen (secondary N) is 1. The van der Waals surface area contributed by atoms with Crippen molar-refractivity contribution in [3.63, 3.8) is 0 Å². The average Bonchev–Trinajstić information content (AvgIpc) is 3.08. The summed E-state index contributed by atoms with van der Waals surface area (Å²) in [7, 11) is 0. The van der Waals surface area contributed by atoms with Crippen LogP contribution in [0.25, 0.3) is 0 Å². The monoisotopic (exact) mass is 351 g/mol. The van der Waals surface area contributed by atoms with E-state index in [-0.39, 0.29) is 0 Å². The second kappa shape index (κ2) is 8.55. The summed E-state index contributed by atoms with van der Waals surface area (Å²) in [6.45, 7) is 4.50. The molecule has 0 spiro atoms. The van der Waals surface area contributed by atoms with Crippen molar-refractivity contribution < 1.29 is 4.84 Å². The van der Waals surface area contributed by atoms with Gasteiger partial charge in [-0.25, -0.2) is 9.98 Å². The number of pyridine rings is 1. The van der Waals surface area contributed by atoms with E-state index >= 15 is 0 Å². The lowest BCUT2D eigenvalue weighted by Crippen LogP contribution is -2.25. The third-order valence-corrected chi connectivity index (χ3v) is 4.29. The van der Waals surface area contributed by atoms with Crippen LogP contribution in [0.1, 0.15) is 22.4 Å². The van der Waals surface area contributed by atoms with Crippen LogP contribution in [0.2, 0.25) is 0 Å². The van der Waals surface area contributed by atoms with Crippen LogP contribution in [0.5, 0.6) is 0 Å². The molecule has 25 heavy (non-hydrogen) atoms. The summed E-state index contributed by atoms with van der Waals surface area (Å²) in [5.74, 6) is 1.44. The van der Waals surface area contributed by atoms with Gasteiger partial charge < -0.3 is 0 Å². The SMILES string of the molecule is Cc1cc(C)nc(/N=C(\Cc2ccsc2)NOCc2ccccc2)c1. The van der Waals surface area contributed by atoms with Gasteiger partial charge in [-0.2, -0.15) is 11.3 Å². The van der Waals surface area contributed by atoms with Crippen molar-refractivity contribution in [2.24, 2.45) is 4.99 Å². The zero-order chi connectivity index (χ0) is 17.5. The number of thiophene rings is 1. The van der Waals surface area contributed by atoms with Gasteiger partial charge in [-0.3, -0.25) is 10.3 Å². The highest BCUT2D eigenvalue weighted by molar-refractivity contribution is 7.08. The van der Waals surface area contributed by atoms with Crippen LogP contribution in [0.15, 0.2) is 64.3 Å². The molecule has 0 atom stereocenters. The van der Waals surface area contributed by atoms with Crippen molar-refractivity contribution in [1.82, 2.24) is 10.5 Å². The lowest BCUT2D eigenvalue weighted by Gasteiger charge is -2.10. The molecule has 0 saturated carbocycles. The quantitative estimate of drug-likeness (QED) is 0.396. The molecule has 2 heterocycles. The Morgan fingerprint density at radius 1 is 1.12 bits per heavy atom. The summed E-state index contributed by atoms with van der Waals surface area (Å²) in [4.78, 5) is 14.8. The Balaban J connectivity index is 1.73. The van der Waals surface area contributed by atoms with Crippen LogP contribution in [0, 0.1) is 13.8 Å². The van der Waals surface area contributed by atoms with E-state index in [0.717, 1.165) is 22.7 Å². The lowest BCUT2D eigenvalue weighted by atomic mass is 10.2. The number of aryl methyl sites for hydroxylation is 2. The highest BCUT2D eigenvalue weighted by atomic mass is 32.1. The molecule has 128 valence electrons. The largest absolute Gasteiger partial charge is 0.270 e. The lowest BCUT2D eigenvalue weighted by molar-refractivity contribution is 0.0701. The topological polar surface area (TPSA) is 46.5 Å².